The van der Waals surface area contributed by atoms with Crippen LogP contribution in [-0.4, -0.2) is 46.9 Å². The zero-order chi connectivity index (χ0) is 17.4. The topological polar surface area (TPSA) is 23.6 Å². The summed E-state index contributed by atoms with van der Waals surface area (Å²) in [5.74, 6) is 0.554. The van der Waals surface area contributed by atoms with E-state index < -0.39 is 0 Å². The summed E-state index contributed by atoms with van der Waals surface area (Å²) in [6.07, 6.45) is 3.31. The molecule has 2 heterocycles. The number of ketones is 1. The second-order valence-corrected chi connectivity index (χ2v) is 9.86. The minimum atomic E-state index is 0.189. The van der Waals surface area contributed by atoms with Crippen LogP contribution in [0.2, 0.25) is 5.02 Å². The number of Topliss-reactive ketones (excluding diaryl/α,β-unsaturated/α-hetero) is 1. The number of alkyl halides is 1. The molecule has 0 amide bonds. The number of nitrogens with zero attached hydrogens (tertiary/aromatic N) is 2. The number of halogens is 2. The molecular weight excluding hydrogens is 420 g/mol. The number of hydrogen-bond donors (Lipinski definition) is 0. The van der Waals surface area contributed by atoms with Crippen molar-refractivity contribution in [1.29, 1.82) is 0 Å². The highest BCUT2D eigenvalue weighted by Gasteiger charge is 2.40. The maximum atomic E-state index is 13.0. The number of thioether (sulfide) groups is 1. The lowest BCUT2D eigenvalue weighted by atomic mass is 9.84. The summed E-state index contributed by atoms with van der Waals surface area (Å²) in [5, 5.41) is 3.39. The van der Waals surface area contributed by atoms with Crippen LogP contribution in [0.4, 0.5) is 5.69 Å². The summed E-state index contributed by atoms with van der Waals surface area (Å²) in [5.41, 5.74) is 2.11. The van der Waals surface area contributed by atoms with E-state index in [9.17, 15) is 4.79 Å². The van der Waals surface area contributed by atoms with Crippen LogP contribution in [0.25, 0.3) is 0 Å². The maximum absolute atomic E-state index is 13.0. The lowest BCUT2D eigenvalue weighted by molar-refractivity contribution is -0.121. The van der Waals surface area contributed by atoms with Crippen molar-refractivity contribution in [3.63, 3.8) is 0 Å². The molecule has 2 aliphatic heterocycles. The number of carbonyl (C=O) groups excluding carboxylic acids is 1. The van der Waals surface area contributed by atoms with E-state index in [1.165, 1.54) is 12.1 Å². The van der Waals surface area contributed by atoms with Crippen LogP contribution in [0.3, 0.4) is 0 Å². The lowest BCUT2D eigenvalue weighted by Crippen LogP contribution is -2.49. The molecule has 1 aliphatic carbocycles. The monoisotopic (exact) mass is 440 g/mol. The van der Waals surface area contributed by atoms with E-state index >= 15 is 0 Å². The van der Waals surface area contributed by atoms with Crippen LogP contribution in [0, 0.1) is 5.92 Å². The first kappa shape index (κ1) is 17.7. The highest BCUT2D eigenvalue weighted by Crippen LogP contribution is 2.42. The van der Waals surface area contributed by atoms with Gasteiger partial charge in [0.25, 0.3) is 0 Å². The summed E-state index contributed by atoms with van der Waals surface area (Å²) < 4.78 is 0. The van der Waals surface area contributed by atoms with Crippen molar-refractivity contribution in [2.75, 3.05) is 31.1 Å². The molecule has 134 valence electrons. The Morgan fingerprint density at radius 2 is 1.88 bits per heavy atom. The zero-order valence-corrected chi connectivity index (χ0v) is 17.2. The van der Waals surface area contributed by atoms with Crippen LogP contribution in [-0.2, 0) is 4.79 Å². The van der Waals surface area contributed by atoms with Gasteiger partial charge in [-0.2, -0.15) is 0 Å². The Kier molecular flexibility index (Phi) is 5.35. The number of fused-ring (bicyclic) bond motifs is 1. The first-order valence-corrected chi connectivity index (χ1v) is 11.1. The molecule has 1 saturated heterocycles. The third kappa shape index (κ3) is 3.74. The minimum absolute atomic E-state index is 0.189. The van der Waals surface area contributed by atoms with E-state index in [2.05, 4.69) is 37.2 Å². The highest BCUT2D eigenvalue weighted by molar-refractivity contribution is 9.09. The van der Waals surface area contributed by atoms with Gasteiger partial charge < -0.3 is 9.80 Å². The summed E-state index contributed by atoms with van der Waals surface area (Å²) in [7, 11) is 0. The zero-order valence-electron chi connectivity index (χ0n) is 14.0. The Hall–Kier alpha value is -0.650. The van der Waals surface area contributed by atoms with E-state index in [0.717, 1.165) is 49.7 Å². The maximum Gasteiger partial charge on any atom is 0.183 e. The van der Waals surface area contributed by atoms with Gasteiger partial charge in [-0.15, -0.1) is 11.8 Å². The van der Waals surface area contributed by atoms with Crippen LogP contribution < -0.4 is 4.90 Å². The summed E-state index contributed by atoms with van der Waals surface area (Å²) >= 11 is 11.7. The summed E-state index contributed by atoms with van der Waals surface area (Å²) in [6, 6.07) is 8.02. The Balaban J connectivity index is 1.42. The smallest absolute Gasteiger partial charge is 0.183 e. The van der Waals surface area contributed by atoms with Gasteiger partial charge in [0.1, 0.15) is 0 Å². The number of piperazine rings is 1. The molecule has 0 spiro atoms. The Morgan fingerprint density at radius 3 is 2.64 bits per heavy atom. The molecule has 2 fully saturated rings. The van der Waals surface area contributed by atoms with Crippen molar-refractivity contribution in [2.45, 2.75) is 29.3 Å². The van der Waals surface area contributed by atoms with Gasteiger partial charge in [-0.05, 0) is 42.9 Å². The van der Waals surface area contributed by atoms with Crippen molar-refractivity contribution in [2.24, 2.45) is 5.92 Å². The number of anilines is 1. The van der Waals surface area contributed by atoms with E-state index in [0.29, 0.717) is 15.9 Å². The fraction of sp³-hybridized carbons (Fsp3) is 0.526. The van der Waals surface area contributed by atoms with E-state index in [1.54, 1.807) is 0 Å². The molecule has 1 aromatic carbocycles. The van der Waals surface area contributed by atoms with Crippen LogP contribution in [0.5, 0.6) is 0 Å². The van der Waals surface area contributed by atoms with Crippen molar-refractivity contribution in [3.8, 4) is 0 Å². The average Bonchev–Trinajstić information content (AvgIpc) is 2.63. The van der Waals surface area contributed by atoms with Gasteiger partial charge in [-0.1, -0.05) is 33.6 Å². The second-order valence-electron chi connectivity index (χ2n) is 7.01. The first-order valence-electron chi connectivity index (χ1n) is 8.91. The Bertz CT molecular complexity index is 690. The minimum Gasteiger partial charge on any atom is -0.368 e. The quantitative estimate of drug-likeness (QED) is 0.628. The van der Waals surface area contributed by atoms with Gasteiger partial charge in [-0.25, -0.2) is 0 Å². The van der Waals surface area contributed by atoms with Crippen molar-refractivity contribution >= 4 is 50.8 Å². The fourth-order valence-electron chi connectivity index (χ4n) is 4.04. The largest absolute Gasteiger partial charge is 0.368 e. The average molecular weight is 442 g/mol. The van der Waals surface area contributed by atoms with E-state index in [-0.39, 0.29) is 5.92 Å². The van der Waals surface area contributed by atoms with Crippen LogP contribution in [0.15, 0.2) is 35.4 Å². The molecule has 1 aromatic rings. The standard InChI is InChI=1S/C19H22BrClN2OS/c20-13-4-5-18-16(10-13)19(24)17(12-25-18)23-8-6-22(7-9-23)15-3-1-2-14(21)11-15/h1-3,11-13,16,18H,4-10H2. The Morgan fingerprint density at radius 1 is 1.12 bits per heavy atom. The molecule has 0 radical (unpaired) electrons. The number of hydrogen-bond acceptors (Lipinski definition) is 4. The lowest BCUT2D eigenvalue weighted by Gasteiger charge is -2.42. The van der Waals surface area contributed by atoms with E-state index in [1.807, 2.05) is 30.0 Å². The summed E-state index contributed by atoms with van der Waals surface area (Å²) in [6.45, 7) is 3.62. The fourth-order valence-corrected chi connectivity index (χ4v) is 6.16. The van der Waals surface area contributed by atoms with Gasteiger partial charge >= 0.3 is 0 Å². The van der Waals surface area contributed by atoms with E-state index in [4.69, 9.17) is 11.6 Å². The van der Waals surface area contributed by atoms with Gasteiger partial charge in [0, 0.05) is 52.9 Å². The molecule has 6 heteroatoms. The predicted molar refractivity (Wildman–Crippen MR) is 110 cm³/mol. The molecule has 4 rings (SSSR count). The normalized spacial score (nSPS) is 30.1. The number of carbonyl (C=O) groups is 1. The SMILES string of the molecule is O=C1C(N2CCN(c3cccc(Cl)c3)CC2)=CSC2CCC(Br)CC12. The molecule has 25 heavy (non-hydrogen) atoms. The van der Waals surface area contributed by atoms with Crippen molar-refractivity contribution in [1.82, 2.24) is 4.90 Å². The molecule has 3 unspecified atom stereocenters. The van der Waals surface area contributed by atoms with Crippen LogP contribution >= 0.6 is 39.3 Å². The van der Waals surface area contributed by atoms with Gasteiger partial charge in [-0.3, -0.25) is 4.79 Å². The van der Waals surface area contributed by atoms with Gasteiger partial charge in [0.05, 0.1) is 5.70 Å². The number of benzene rings is 1. The van der Waals surface area contributed by atoms with Crippen molar-refractivity contribution in [3.05, 3.63) is 40.4 Å². The third-order valence-corrected chi connectivity index (χ3v) is 7.80. The Labute approximate surface area is 166 Å². The van der Waals surface area contributed by atoms with Crippen LogP contribution in [0.1, 0.15) is 19.3 Å². The molecule has 0 N–H and O–H groups in total. The third-order valence-electron chi connectivity index (χ3n) is 5.46. The highest BCUT2D eigenvalue weighted by atomic mass is 79.9. The van der Waals surface area contributed by atoms with Crippen molar-refractivity contribution < 1.29 is 4.79 Å². The molecule has 0 bridgehead atoms. The van der Waals surface area contributed by atoms with Gasteiger partial charge in [0.2, 0.25) is 0 Å². The second kappa shape index (κ2) is 7.53. The molecule has 3 aliphatic rings. The number of allylic oxidation sites excluding steroid dienone is 1. The molecular formula is C19H22BrClN2OS. The molecule has 1 saturated carbocycles. The molecule has 3 atom stereocenters. The molecule has 0 aromatic heterocycles. The predicted octanol–water partition coefficient (Wildman–Crippen LogP) is 4.55. The summed E-state index contributed by atoms with van der Waals surface area (Å²) in [4.78, 5) is 18.2. The number of rotatable bonds is 2. The first-order chi connectivity index (χ1) is 12.1. The van der Waals surface area contributed by atoms with Gasteiger partial charge in [0.15, 0.2) is 5.78 Å². The molecule has 3 nitrogen and oxygen atoms in total.